The Morgan fingerprint density at radius 2 is 1.96 bits per heavy atom. The zero-order valence-corrected chi connectivity index (χ0v) is 13.2. The van der Waals surface area contributed by atoms with Crippen molar-refractivity contribution in [1.29, 1.82) is 5.26 Å². The van der Waals surface area contributed by atoms with Gasteiger partial charge in [-0.2, -0.15) is 18.4 Å². The maximum absolute atomic E-state index is 12.3. The van der Waals surface area contributed by atoms with Crippen molar-refractivity contribution in [2.45, 2.75) is 12.6 Å². The average molecular weight is 346 g/mol. The molecule has 2 rings (SSSR count). The molecule has 0 spiro atoms. The number of carbonyl (C=O) groups excluding carboxylic acids is 1. The molecular weight excluding hydrogens is 329 g/mol. The van der Waals surface area contributed by atoms with E-state index >= 15 is 0 Å². The van der Waals surface area contributed by atoms with E-state index in [2.05, 4.69) is 5.32 Å². The van der Waals surface area contributed by atoms with Gasteiger partial charge in [-0.3, -0.25) is 9.69 Å². The van der Waals surface area contributed by atoms with Crippen LogP contribution in [-0.2, 0) is 4.79 Å². The number of nitrogens with one attached hydrogen (secondary N) is 1. The monoisotopic (exact) mass is 346 g/mol. The van der Waals surface area contributed by atoms with E-state index in [0.29, 0.717) is 43.3 Å². The van der Waals surface area contributed by atoms with Crippen LogP contribution in [0.3, 0.4) is 0 Å². The van der Waals surface area contributed by atoms with Crippen LogP contribution in [-0.4, -0.2) is 61.2 Å². The van der Waals surface area contributed by atoms with Gasteiger partial charge in [0.15, 0.2) is 0 Å². The number of alkyl halides is 3. The van der Waals surface area contributed by atoms with E-state index in [-0.39, 0.29) is 12.3 Å². The van der Waals surface area contributed by atoms with Gasteiger partial charge in [0.05, 0.1) is 12.1 Å². The van der Waals surface area contributed by atoms with Gasteiger partial charge < -0.3 is 10.2 Å². The number of anilines is 1. The topological polar surface area (TPSA) is 59.4 Å². The molecule has 23 heavy (non-hydrogen) atoms. The number of nitriles is 1. The molecule has 1 fully saturated rings. The third-order valence-corrected chi connectivity index (χ3v) is 4.39. The highest BCUT2D eigenvalue weighted by Crippen LogP contribution is 2.22. The first-order valence-corrected chi connectivity index (χ1v) is 8.04. The molecule has 0 unspecified atom stereocenters. The van der Waals surface area contributed by atoms with E-state index < -0.39 is 12.7 Å². The molecule has 0 radical (unpaired) electrons. The smallest absolute Gasteiger partial charge is 0.317 e. The van der Waals surface area contributed by atoms with Crippen LogP contribution in [0.5, 0.6) is 0 Å². The SMILES string of the molecule is N#Cc1ccsc1NC(=O)CCN1CCN(CC(F)(F)F)CC1. The van der Waals surface area contributed by atoms with Gasteiger partial charge in [0, 0.05) is 39.1 Å². The molecule has 1 aromatic heterocycles. The minimum Gasteiger partial charge on any atom is -0.317 e. The highest BCUT2D eigenvalue weighted by Gasteiger charge is 2.32. The van der Waals surface area contributed by atoms with Crippen molar-refractivity contribution < 1.29 is 18.0 Å². The number of hydrogen-bond acceptors (Lipinski definition) is 5. The second-order valence-electron chi connectivity index (χ2n) is 5.31. The number of piperazine rings is 1. The number of nitrogens with zero attached hydrogens (tertiary/aromatic N) is 3. The molecule has 126 valence electrons. The predicted molar refractivity (Wildman–Crippen MR) is 81.2 cm³/mol. The van der Waals surface area contributed by atoms with Crippen molar-refractivity contribution in [3.8, 4) is 6.07 Å². The lowest BCUT2D eigenvalue weighted by Crippen LogP contribution is -2.49. The van der Waals surface area contributed by atoms with Crippen LogP contribution in [0, 0.1) is 11.3 Å². The van der Waals surface area contributed by atoms with E-state index in [0.717, 1.165) is 0 Å². The molecule has 0 bridgehead atoms. The summed E-state index contributed by atoms with van der Waals surface area (Å²) in [5, 5.41) is 13.8. The highest BCUT2D eigenvalue weighted by molar-refractivity contribution is 7.14. The number of thiophene rings is 1. The zero-order valence-electron chi connectivity index (χ0n) is 12.4. The summed E-state index contributed by atoms with van der Waals surface area (Å²) in [6.45, 7) is 1.36. The first-order chi connectivity index (χ1) is 10.9. The molecule has 0 atom stereocenters. The molecule has 2 heterocycles. The second kappa shape index (κ2) is 7.77. The number of carbonyl (C=O) groups is 1. The summed E-state index contributed by atoms with van der Waals surface area (Å²) >= 11 is 1.29. The maximum atomic E-state index is 12.3. The second-order valence-corrected chi connectivity index (χ2v) is 6.22. The molecule has 1 saturated heterocycles. The number of hydrogen-bond donors (Lipinski definition) is 1. The van der Waals surface area contributed by atoms with Crippen LogP contribution >= 0.6 is 11.3 Å². The lowest BCUT2D eigenvalue weighted by molar-refractivity contribution is -0.149. The van der Waals surface area contributed by atoms with Crippen LogP contribution in [0.25, 0.3) is 0 Å². The Morgan fingerprint density at radius 1 is 1.30 bits per heavy atom. The molecule has 5 nitrogen and oxygen atoms in total. The van der Waals surface area contributed by atoms with Crippen molar-refractivity contribution in [3.63, 3.8) is 0 Å². The fourth-order valence-electron chi connectivity index (χ4n) is 2.37. The molecular formula is C14H17F3N4OS. The summed E-state index contributed by atoms with van der Waals surface area (Å²) in [7, 11) is 0. The normalized spacial score (nSPS) is 17.0. The Bertz CT molecular complexity index is 573. The first-order valence-electron chi connectivity index (χ1n) is 7.16. The largest absolute Gasteiger partial charge is 0.401 e. The van der Waals surface area contributed by atoms with Crippen LogP contribution in [0.15, 0.2) is 11.4 Å². The Morgan fingerprint density at radius 3 is 2.57 bits per heavy atom. The first kappa shape index (κ1) is 17.7. The fraction of sp³-hybridized carbons (Fsp3) is 0.571. The van der Waals surface area contributed by atoms with Crippen molar-refractivity contribution >= 4 is 22.2 Å². The van der Waals surface area contributed by atoms with E-state index in [1.165, 1.54) is 16.2 Å². The van der Waals surface area contributed by atoms with Crippen molar-refractivity contribution in [3.05, 3.63) is 17.0 Å². The molecule has 1 aromatic rings. The van der Waals surface area contributed by atoms with Gasteiger partial charge >= 0.3 is 6.18 Å². The van der Waals surface area contributed by atoms with E-state index in [1.54, 1.807) is 11.4 Å². The number of rotatable bonds is 5. The van der Waals surface area contributed by atoms with Gasteiger partial charge in [-0.25, -0.2) is 0 Å². The third kappa shape index (κ3) is 5.82. The quantitative estimate of drug-likeness (QED) is 0.887. The average Bonchev–Trinajstić information content (AvgIpc) is 2.92. The Balaban J connectivity index is 1.69. The number of halogens is 3. The molecule has 0 aromatic carbocycles. The fourth-order valence-corrected chi connectivity index (χ4v) is 3.12. The molecule has 1 aliphatic rings. The highest BCUT2D eigenvalue weighted by atomic mass is 32.1. The molecule has 1 amide bonds. The third-order valence-electron chi connectivity index (χ3n) is 3.56. The standard InChI is InChI=1S/C14H17F3N4OS/c15-14(16,17)10-21-6-4-20(5-7-21)3-1-12(22)19-13-11(9-18)2-8-23-13/h2,8H,1,3-7,10H2,(H,19,22). The lowest BCUT2D eigenvalue weighted by Gasteiger charge is -2.34. The van der Waals surface area contributed by atoms with E-state index in [9.17, 15) is 18.0 Å². The van der Waals surface area contributed by atoms with Gasteiger partial charge in [-0.05, 0) is 11.4 Å². The van der Waals surface area contributed by atoms with Crippen molar-refractivity contribution in [1.82, 2.24) is 9.80 Å². The molecule has 0 aliphatic carbocycles. The van der Waals surface area contributed by atoms with E-state index in [4.69, 9.17) is 5.26 Å². The summed E-state index contributed by atoms with van der Waals surface area (Å²) in [6.07, 6.45) is -3.91. The minimum atomic E-state index is -4.17. The van der Waals surface area contributed by atoms with Crippen molar-refractivity contribution in [2.24, 2.45) is 0 Å². The Labute approximate surface area is 136 Å². The van der Waals surface area contributed by atoms with Crippen molar-refractivity contribution in [2.75, 3.05) is 44.6 Å². The maximum Gasteiger partial charge on any atom is 0.401 e. The molecule has 1 aliphatic heterocycles. The summed E-state index contributed by atoms with van der Waals surface area (Å²) in [6, 6.07) is 3.64. The van der Waals surface area contributed by atoms with Gasteiger partial charge in [-0.1, -0.05) is 0 Å². The van der Waals surface area contributed by atoms with Crippen LogP contribution < -0.4 is 5.32 Å². The van der Waals surface area contributed by atoms with E-state index in [1.807, 2.05) is 11.0 Å². The molecule has 9 heteroatoms. The zero-order chi connectivity index (χ0) is 16.9. The number of amides is 1. The van der Waals surface area contributed by atoms with Crippen LogP contribution in [0.1, 0.15) is 12.0 Å². The minimum absolute atomic E-state index is 0.193. The molecule has 1 N–H and O–H groups in total. The predicted octanol–water partition coefficient (Wildman–Crippen LogP) is 2.13. The summed E-state index contributed by atoms with van der Waals surface area (Å²) in [5.41, 5.74) is 0.434. The molecule has 0 saturated carbocycles. The van der Waals surface area contributed by atoms with Gasteiger partial charge in [0.25, 0.3) is 0 Å². The van der Waals surface area contributed by atoms with Gasteiger partial charge in [0.2, 0.25) is 5.91 Å². The summed E-state index contributed by atoms with van der Waals surface area (Å²) in [5.74, 6) is -0.193. The van der Waals surface area contributed by atoms with Crippen LogP contribution in [0.4, 0.5) is 18.2 Å². The summed E-state index contributed by atoms with van der Waals surface area (Å²) < 4.78 is 36.9. The van der Waals surface area contributed by atoms with Crippen LogP contribution in [0.2, 0.25) is 0 Å². The van der Waals surface area contributed by atoms with Gasteiger partial charge in [0.1, 0.15) is 11.1 Å². The summed E-state index contributed by atoms with van der Waals surface area (Å²) in [4.78, 5) is 15.2. The van der Waals surface area contributed by atoms with Gasteiger partial charge in [-0.15, -0.1) is 11.3 Å². The Kier molecular flexibility index (Phi) is 5.98. The lowest BCUT2D eigenvalue weighted by atomic mass is 10.2. The Hall–Kier alpha value is -1.63.